The molecule has 0 spiro atoms. The van der Waals surface area contributed by atoms with Crippen molar-refractivity contribution in [2.75, 3.05) is 19.6 Å². The molecule has 1 aromatic carbocycles. The molecule has 0 atom stereocenters. The summed E-state index contributed by atoms with van der Waals surface area (Å²) in [6.45, 7) is 14.3. The van der Waals surface area contributed by atoms with Crippen molar-refractivity contribution in [3.05, 3.63) is 35.4 Å². The van der Waals surface area contributed by atoms with E-state index in [1.807, 2.05) is 0 Å². The number of nitrogens with zero attached hydrogens (tertiary/aromatic N) is 1. The molecule has 0 heterocycles. The lowest BCUT2D eigenvalue weighted by Gasteiger charge is -2.38. The Hall–Kier alpha value is -0.820. The van der Waals surface area contributed by atoms with Crippen molar-refractivity contribution in [1.29, 1.82) is 0 Å². The maximum Gasteiger partial charge on any atom is 0.104 e. The van der Waals surface area contributed by atoms with E-state index in [4.69, 9.17) is 0 Å². The van der Waals surface area contributed by atoms with Crippen LogP contribution in [0.25, 0.3) is 0 Å². The van der Waals surface area contributed by atoms with Crippen molar-refractivity contribution < 1.29 is 4.48 Å². The average Bonchev–Trinajstić information content (AvgIpc) is 2.30. The van der Waals surface area contributed by atoms with Crippen LogP contribution < -0.4 is 0 Å². The zero-order valence-corrected chi connectivity index (χ0v) is 12.7. The number of hydrogen-bond donors (Lipinski definition) is 0. The van der Waals surface area contributed by atoms with E-state index in [9.17, 15) is 0 Å². The van der Waals surface area contributed by atoms with E-state index in [1.165, 1.54) is 61.1 Å². The van der Waals surface area contributed by atoms with Crippen molar-refractivity contribution >= 4 is 0 Å². The minimum Gasteiger partial charge on any atom is -0.320 e. The molecule has 0 aromatic heterocycles. The Morgan fingerprint density at radius 1 is 0.889 bits per heavy atom. The number of hydrogen-bond acceptors (Lipinski definition) is 0. The Balaban J connectivity index is 2.87. The highest BCUT2D eigenvalue weighted by atomic mass is 15.3. The minimum absolute atomic E-state index is 1.21. The normalized spacial score (nSPS) is 11.8. The van der Waals surface area contributed by atoms with Gasteiger partial charge >= 0.3 is 0 Å². The van der Waals surface area contributed by atoms with Crippen molar-refractivity contribution in [1.82, 2.24) is 0 Å². The van der Waals surface area contributed by atoms with E-state index in [1.54, 1.807) is 0 Å². The molecule has 0 fully saturated rings. The highest BCUT2D eigenvalue weighted by Crippen LogP contribution is 2.18. The van der Waals surface area contributed by atoms with E-state index < -0.39 is 0 Å². The van der Waals surface area contributed by atoms with Crippen LogP contribution in [0.4, 0.5) is 0 Å². The van der Waals surface area contributed by atoms with Gasteiger partial charge in [-0.3, -0.25) is 0 Å². The van der Waals surface area contributed by atoms with Crippen LogP contribution in [0.15, 0.2) is 24.3 Å². The highest BCUT2D eigenvalue weighted by molar-refractivity contribution is 5.21. The summed E-state index contributed by atoms with van der Waals surface area (Å²) in [6, 6.07) is 9.04. The second kappa shape index (κ2) is 7.58. The van der Waals surface area contributed by atoms with Gasteiger partial charge in [-0.1, -0.05) is 50.6 Å². The van der Waals surface area contributed by atoms with Gasteiger partial charge < -0.3 is 4.48 Å². The second-order valence-electron chi connectivity index (χ2n) is 5.66. The predicted octanol–water partition coefficient (Wildman–Crippen LogP) is 4.54. The summed E-state index contributed by atoms with van der Waals surface area (Å²) in [5.41, 5.74) is 2.89. The van der Waals surface area contributed by atoms with Gasteiger partial charge in [0.1, 0.15) is 6.54 Å². The molecule has 0 aliphatic heterocycles. The molecule has 18 heavy (non-hydrogen) atoms. The Kier molecular flexibility index (Phi) is 6.42. The fourth-order valence-electron chi connectivity index (χ4n) is 3.19. The first-order valence-corrected chi connectivity index (χ1v) is 7.56. The first-order chi connectivity index (χ1) is 8.65. The Labute approximate surface area is 113 Å². The van der Waals surface area contributed by atoms with Gasteiger partial charge in [-0.15, -0.1) is 0 Å². The lowest BCUT2D eigenvalue weighted by Crippen LogP contribution is -2.48. The first kappa shape index (κ1) is 15.2. The summed E-state index contributed by atoms with van der Waals surface area (Å²) >= 11 is 0. The molecule has 0 bridgehead atoms. The van der Waals surface area contributed by atoms with E-state index >= 15 is 0 Å². The van der Waals surface area contributed by atoms with Crippen LogP contribution in [-0.4, -0.2) is 24.1 Å². The van der Waals surface area contributed by atoms with E-state index in [0.717, 1.165) is 0 Å². The van der Waals surface area contributed by atoms with Gasteiger partial charge in [-0.05, 0) is 26.2 Å². The smallest absolute Gasteiger partial charge is 0.104 e. The van der Waals surface area contributed by atoms with Gasteiger partial charge in [0.2, 0.25) is 0 Å². The molecule has 0 N–H and O–H groups in total. The summed E-state index contributed by atoms with van der Waals surface area (Å²) < 4.78 is 1.27. The van der Waals surface area contributed by atoms with Crippen LogP contribution in [0.5, 0.6) is 0 Å². The van der Waals surface area contributed by atoms with E-state index in [0.29, 0.717) is 0 Å². The Morgan fingerprint density at radius 3 is 1.89 bits per heavy atom. The number of aryl methyl sites for hydroxylation is 1. The molecule has 0 aliphatic rings. The fourth-order valence-corrected chi connectivity index (χ4v) is 3.19. The van der Waals surface area contributed by atoms with Gasteiger partial charge in [0, 0.05) is 5.56 Å². The minimum atomic E-state index is 1.21. The second-order valence-corrected chi connectivity index (χ2v) is 5.66. The van der Waals surface area contributed by atoms with Gasteiger partial charge in [0.05, 0.1) is 19.6 Å². The van der Waals surface area contributed by atoms with Crippen LogP contribution in [-0.2, 0) is 6.54 Å². The monoisotopic (exact) mass is 248 g/mol. The van der Waals surface area contributed by atoms with Gasteiger partial charge in [0.15, 0.2) is 0 Å². The Bertz CT molecular complexity index is 326. The summed E-state index contributed by atoms with van der Waals surface area (Å²) in [5, 5.41) is 0. The summed E-state index contributed by atoms with van der Waals surface area (Å²) in [6.07, 6.45) is 3.85. The number of quaternary nitrogens is 1. The number of rotatable bonds is 8. The first-order valence-electron chi connectivity index (χ1n) is 7.56. The van der Waals surface area contributed by atoms with E-state index in [2.05, 4.69) is 52.0 Å². The van der Waals surface area contributed by atoms with Crippen LogP contribution in [0.3, 0.4) is 0 Å². The summed E-state index contributed by atoms with van der Waals surface area (Å²) in [7, 11) is 0. The molecule has 102 valence electrons. The largest absolute Gasteiger partial charge is 0.320 e. The van der Waals surface area contributed by atoms with Crippen LogP contribution >= 0.6 is 0 Å². The third-order valence-corrected chi connectivity index (χ3v) is 3.69. The third-order valence-electron chi connectivity index (χ3n) is 3.69. The summed E-state index contributed by atoms with van der Waals surface area (Å²) in [5.74, 6) is 0. The fraction of sp³-hybridized carbons (Fsp3) is 0.647. The molecule has 0 saturated heterocycles. The molecule has 0 aliphatic carbocycles. The average molecular weight is 248 g/mol. The van der Waals surface area contributed by atoms with Gasteiger partial charge in [0.25, 0.3) is 0 Å². The van der Waals surface area contributed by atoms with Crippen LogP contribution in [0, 0.1) is 6.92 Å². The maximum absolute atomic E-state index is 2.36. The van der Waals surface area contributed by atoms with Crippen molar-refractivity contribution in [2.24, 2.45) is 0 Å². The predicted molar refractivity (Wildman–Crippen MR) is 80.6 cm³/mol. The molecule has 0 unspecified atom stereocenters. The third kappa shape index (κ3) is 4.45. The molecule has 1 heteroatoms. The van der Waals surface area contributed by atoms with Crippen LogP contribution in [0.1, 0.15) is 51.2 Å². The maximum atomic E-state index is 2.36. The zero-order valence-electron chi connectivity index (χ0n) is 12.7. The molecule has 1 nitrogen and oxygen atoms in total. The molecule has 0 radical (unpaired) electrons. The topological polar surface area (TPSA) is 0 Å². The van der Waals surface area contributed by atoms with E-state index in [-0.39, 0.29) is 0 Å². The van der Waals surface area contributed by atoms with Gasteiger partial charge in [-0.2, -0.15) is 0 Å². The molecule has 0 amide bonds. The van der Waals surface area contributed by atoms with Gasteiger partial charge in [-0.25, -0.2) is 0 Å². The molecule has 0 saturated carbocycles. The SMILES string of the molecule is CCC[N+](CCC)(CCC)Cc1cccc(C)c1. The molecular formula is C17H30N+. The van der Waals surface area contributed by atoms with Crippen molar-refractivity contribution in [3.63, 3.8) is 0 Å². The zero-order chi connectivity index (χ0) is 13.4. The molecule has 1 aromatic rings. The lowest BCUT2D eigenvalue weighted by molar-refractivity contribution is -0.941. The standard InChI is InChI=1S/C17H30N/c1-5-11-18(12-6-2,13-7-3)15-17-10-8-9-16(4)14-17/h8-10,14H,5-7,11-13,15H2,1-4H3/q+1. The summed E-state index contributed by atoms with van der Waals surface area (Å²) in [4.78, 5) is 0. The van der Waals surface area contributed by atoms with Crippen molar-refractivity contribution in [3.8, 4) is 0 Å². The Morgan fingerprint density at radius 2 is 1.44 bits per heavy atom. The molecule has 1 rings (SSSR count). The van der Waals surface area contributed by atoms with Crippen molar-refractivity contribution in [2.45, 2.75) is 53.5 Å². The molecular weight excluding hydrogens is 218 g/mol. The lowest BCUT2D eigenvalue weighted by atomic mass is 10.1. The van der Waals surface area contributed by atoms with Crippen LogP contribution in [0.2, 0.25) is 0 Å². The highest BCUT2D eigenvalue weighted by Gasteiger charge is 2.24. The quantitative estimate of drug-likeness (QED) is 0.592. The number of benzene rings is 1.